The Morgan fingerprint density at radius 3 is 2.19 bits per heavy atom. The highest BCUT2D eigenvalue weighted by atomic mass is 32.2. The number of benzene rings is 2. The molecule has 166 valence electrons. The van der Waals surface area contributed by atoms with Gasteiger partial charge in [0.1, 0.15) is 0 Å². The molecule has 0 bridgehead atoms. The first-order chi connectivity index (χ1) is 14.6. The van der Waals surface area contributed by atoms with Crippen LogP contribution >= 0.6 is 0 Å². The summed E-state index contributed by atoms with van der Waals surface area (Å²) in [6.45, 7) is 6.47. The van der Waals surface area contributed by atoms with Gasteiger partial charge in [-0.15, -0.1) is 0 Å². The first kappa shape index (κ1) is 22.8. The van der Waals surface area contributed by atoms with E-state index in [0.717, 1.165) is 5.56 Å². The molecule has 0 saturated carbocycles. The Kier molecular flexibility index (Phi) is 6.69. The predicted octanol–water partition coefficient (Wildman–Crippen LogP) is 3.01. The van der Waals surface area contributed by atoms with Gasteiger partial charge < -0.3 is 10.2 Å². The zero-order valence-corrected chi connectivity index (χ0v) is 19.2. The van der Waals surface area contributed by atoms with E-state index in [9.17, 15) is 18.0 Å². The number of rotatable bonds is 5. The summed E-state index contributed by atoms with van der Waals surface area (Å²) in [7, 11) is -2.18. The summed E-state index contributed by atoms with van der Waals surface area (Å²) in [6, 6.07) is 10.2. The van der Waals surface area contributed by atoms with E-state index in [1.165, 1.54) is 0 Å². The van der Waals surface area contributed by atoms with Crippen molar-refractivity contribution in [2.45, 2.75) is 38.5 Å². The minimum absolute atomic E-state index is 0.00481. The Bertz CT molecular complexity index is 1080. The van der Waals surface area contributed by atoms with Crippen LogP contribution in [0.15, 0.2) is 41.3 Å². The fourth-order valence-corrected chi connectivity index (χ4v) is 5.75. The van der Waals surface area contributed by atoms with Crippen molar-refractivity contribution in [2.75, 3.05) is 24.9 Å². The molecule has 0 spiro atoms. The average Bonchev–Trinajstić information content (AvgIpc) is 2.71. The van der Waals surface area contributed by atoms with E-state index in [0.29, 0.717) is 48.3 Å². The molecule has 0 unspecified atom stereocenters. The third-order valence-corrected chi connectivity index (χ3v) is 7.32. The summed E-state index contributed by atoms with van der Waals surface area (Å²) in [5.74, 6) is -0.238. The van der Waals surface area contributed by atoms with Gasteiger partial charge in [-0.3, -0.25) is 14.3 Å². The number of nitrogens with one attached hydrogen (secondary N) is 2. The number of carbonyl (C=O) groups is 2. The minimum Gasteiger partial charge on any atom is -0.359 e. The van der Waals surface area contributed by atoms with Crippen LogP contribution in [0.2, 0.25) is 0 Å². The molecule has 1 fully saturated rings. The van der Waals surface area contributed by atoms with Gasteiger partial charge in [0, 0.05) is 37.3 Å². The summed E-state index contributed by atoms with van der Waals surface area (Å²) in [5.41, 5.74) is 3.11. The van der Waals surface area contributed by atoms with E-state index in [4.69, 9.17) is 0 Å². The molecule has 0 aromatic heterocycles. The van der Waals surface area contributed by atoms with Gasteiger partial charge in [-0.25, -0.2) is 8.42 Å². The molecule has 31 heavy (non-hydrogen) atoms. The molecular weight excluding hydrogens is 414 g/mol. The number of sulfonamides is 1. The standard InChI is InChI=1S/C23H29N3O4S/c1-15-12-16(2)21(17(3)13-15)31(29,30)25-20-7-5-6-19(14-20)23(28)26-10-8-18(9-11-26)22(27)24-4/h5-7,12-14,18,25H,8-11H2,1-4H3,(H,24,27). The SMILES string of the molecule is CNC(=O)C1CCN(C(=O)c2cccc(NS(=O)(=O)c3c(C)cc(C)cc3C)c2)CC1. The first-order valence-corrected chi connectivity index (χ1v) is 11.8. The van der Waals surface area contributed by atoms with Crippen molar-refractivity contribution in [3.05, 3.63) is 58.7 Å². The van der Waals surface area contributed by atoms with Gasteiger partial charge in [0.2, 0.25) is 5.91 Å². The van der Waals surface area contributed by atoms with Crippen LogP contribution in [0.25, 0.3) is 0 Å². The average molecular weight is 444 g/mol. The number of amides is 2. The van der Waals surface area contributed by atoms with E-state index in [1.54, 1.807) is 50.1 Å². The summed E-state index contributed by atoms with van der Waals surface area (Å²) in [4.78, 5) is 26.7. The molecule has 1 heterocycles. The van der Waals surface area contributed by atoms with E-state index < -0.39 is 10.0 Å². The topological polar surface area (TPSA) is 95.6 Å². The van der Waals surface area contributed by atoms with Gasteiger partial charge in [-0.1, -0.05) is 23.8 Å². The summed E-state index contributed by atoms with van der Waals surface area (Å²) in [5, 5.41) is 2.66. The lowest BCUT2D eigenvalue weighted by molar-refractivity contribution is -0.125. The largest absolute Gasteiger partial charge is 0.359 e. The second-order valence-corrected chi connectivity index (χ2v) is 9.71. The number of hydrogen-bond acceptors (Lipinski definition) is 4. The van der Waals surface area contributed by atoms with Crippen molar-refractivity contribution in [2.24, 2.45) is 5.92 Å². The molecule has 1 aliphatic heterocycles. The molecule has 2 aromatic carbocycles. The van der Waals surface area contributed by atoms with Crippen molar-refractivity contribution < 1.29 is 18.0 Å². The second kappa shape index (κ2) is 9.09. The number of nitrogens with zero attached hydrogens (tertiary/aromatic N) is 1. The highest BCUT2D eigenvalue weighted by Gasteiger charge is 2.27. The molecule has 7 nitrogen and oxygen atoms in total. The zero-order valence-electron chi connectivity index (χ0n) is 18.4. The van der Waals surface area contributed by atoms with E-state index in [2.05, 4.69) is 10.0 Å². The van der Waals surface area contributed by atoms with Crippen LogP contribution in [0.4, 0.5) is 5.69 Å². The lowest BCUT2D eigenvalue weighted by atomic mass is 9.95. The van der Waals surface area contributed by atoms with Crippen molar-refractivity contribution in [3.8, 4) is 0 Å². The summed E-state index contributed by atoms with van der Waals surface area (Å²) < 4.78 is 28.7. The third-order valence-electron chi connectivity index (χ3n) is 5.63. The molecule has 3 rings (SSSR count). The number of likely N-dealkylation sites (tertiary alicyclic amines) is 1. The fourth-order valence-electron chi connectivity index (χ4n) is 4.24. The number of piperidine rings is 1. The Labute approximate surface area is 183 Å². The van der Waals surface area contributed by atoms with Crippen molar-refractivity contribution in [1.82, 2.24) is 10.2 Å². The van der Waals surface area contributed by atoms with Gasteiger partial charge in [-0.2, -0.15) is 0 Å². The van der Waals surface area contributed by atoms with Gasteiger partial charge in [0.25, 0.3) is 15.9 Å². The Balaban J connectivity index is 1.76. The van der Waals surface area contributed by atoms with Crippen molar-refractivity contribution >= 4 is 27.5 Å². The van der Waals surface area contributed by atoms with Crippen molar-refractivity contribution in [3.63, 3.8) is 0 Å². The molecule has 1 aliphatic rings. The van der Waals surface area contributed by atoms with Gasteiger partial charge in [-0.05, 0) is 62.9 Å². The molecule has 2 amide bonds. The number of hydrogen-bond donors (Lipinski definition) is 2. The van der Waals surface area contributed by atoms with E-state index in [-0.39, 0.29) is 22.6 Å². The monoisotopic (exact) mass is 443 g/mol. The number of anilines is 1. The maximum Gasteiger partial charge on any atom is 0.262 e. The van der Waals surface area contributed by atoms with Crippen LogP contribution in [0.1, 0.15) is 39.9 Å². The van der Waals surface area contributed by atoms with Crippen LogP contribution in [-0.2, 0) is 14.8 Å². The molecule has 1 saturated heterocycles. The lowest BCUT2D eigenvalue weighted by Gasteiger charge is -2.31. The second-order valence-electron chi connectivity index (χ2n) is 8.09. The maximum atomic E-state index is 13.0. The van der Waals surface area contributed by atoms with Gasteiger partial charge in [0.05, 0.1) is 4.90 Å². The molecule has 2 aromatic rings. The van der Waals surface area contributed by atoms with Crippen LogP contribution < -0.4 is 10.0 Å². The quantitative estimate of drug-likeness (QED) is 0.743. The Hall–Kier alpha value is -2.87. The summed E-state index contributed by atoms with van der Waals surface area (Å²) >= 11 is 0. The van der Waals surface area contributed by atoms with Crippen LogP contribution in [0.5, 0.6) is 0 Å². The first-order valence-electron chi connectivity index (χ1n) is 10.3. The normalized spacial score (nSPS) is 14.9. The molecule has 0 radical (unpaired) electrons. The van der Waals surface area contributed by atoms with E-state index in [1.807, 2.05) is 19.1 Å². The molecule has 8 heteroatoms. The highest BCUT2D eigenvalue weighted by molar-refractivity contribution is 7.92. The summed E-state index contributed by atoms with van der Waals surface area (Å²) in [6.07, 6.45) is 1.23. The fraction of sp³-hybridized carbons (Fsp3) is 0.391. The maximum absolute atomic E-state index is 13.0. The molecular formula is C23H29N3O4S. The molecule has 0 aliphatic carbocycles. The van der Waals surface area contributed by atoms with Crippen molar-refractivity contribution in [1.29, 1.82) is 0 Å². The van der Waals surface area contributed by atoms with Crippen LogP contribution in [-0.4, -0.2) is 45.3 Å². The highest BCUT2D eigenvalue weighted by Crippen LogP contribution is 2.25. The third kappa shape index (κ3) is 5.07. The molecule has 0 atom stereocenters. The predicted molar refractivity (Wildman–Crippen MR) is 121 cm³/mol. The zero-order chi connectivity index (χ0) is 22.8. The van der Waals surface area contributed by atoms with Gasteiger partial charge >= 0.3 is 0 Å². The lowest BCUT2D eigenvalue weighted by Crippen LogP contribution is -2.42. The minimum atomic E-state index is -3.80. The smallest absolute Gasteiger partial charge is 0.262 e. The molecule has 2 N–H and O–H groups in total. The number of carbonyl (C=O) groups excluding carboxylic acids is 2. The van der Waals surface area contributed by atoms with Crippen LogP contribution in [0.3, 0.4) is 0 Å². The Morgan fingerprint density at radius 1 is 1.00 bits per heavy atom. The Morgan fingerprint density at radius 2 is 1.61 bits per heavy atom. The van der Waals surface area contributed by atoms with Gasteiger partial charge in [0.15, 0.2) is 0 Å². The van der Waals surface area contributed by atoms with E-state index >= 15 is 0 Å². The van der Waals surface area contributed by atoms with Crippen LogP contribution in [0, 0.1) is 26.7 Å². The number of aryl methyl sites for hydroxylation is 3.